The molecule has 0 saturated carbocycles. The Labute approximate surface area is 123 Å². The third kappa shape index (κ3) is 7.03. The van der Waals surface area contributed by atoms with Crippen molar-refractivity contribution in [3.8, 4) is 0 Å². The van der Waals surface area contributed by atoms with Crippen LogP contribution in [0.3, 0.4) is 0 Å². The van der Waals surface area contributed by atoms with Crippen LogP contribution >= 0.6 is 0 Å². The van der Waals surface area contributed by atoms with Crippen molar-refractivity contribution >= 4 is 10.0 Å². The summed E-state index contributed by atoms with van der Waals surface area (Å²) < 4.78 is 26.3. The molecular formula is C15H26N2O2S. The van der Waals surface area contributed by atoms with Crippen molar-refractivity contribution in [1.82, 2.24) is 10.0 Å². The van der Waals surface area contributed by atoms with E-state index in [2.05, 4.69) is 17.0 Å². The van der Waals surface area contributed by atoms with Crippen molar-refractivity contribution < 1.29 is 8.42 Å². The van der Waals surface area contributed by atoms with Crippen LogP contribution in [0.25, 0.3) is 0 Å². The molecule has 5 heteroatoms. The minimum absolute atomic E-state index is 0.192. The minimum Gasteiger partial charge on any atom is -0.317 e. The Balaban J connectivity index is 2.24. The van der Waals surface area contributed by atoms with Gasteiger partial charge in [0.05, 0.1) is 5.75 Å². The lowest BCUT2D eigenvalue weighted by Crippen LogP contribution is -2.30. The van der Waals surface area contributed by atoms with Gasteiger partial charge in [-0.3, -0.25) is 0 Å². The summed E-state index contributed by atoms with van der Waals surface area (Å²) in [6.45, 7) is 6.31. The molecule has 0 saturated heterocycles. The Morgan fingerprint density at radius 1 is 1.10 bits per heavy atom. The van der Waals surface area contributed by atoms with Crippen molar-refractivity contribution in [2.75, 3.05) is 25.4 Å². The van der Waals surface area contributed by atoms with Crippen LogP contribution < -0.4 is 10.0 Å². The van der Waals surface area contributed by atoms with Crippen LogP contribution in [0.2, 0.25) is 0 Å². The molecule has 1 aromatic carbocycles. The Morgan fingerprint density at radius 2 is 1.85 bits per heavy atom. The number of sulfonamides is 1. The molecule has 0 fully saturated rings. The van der Waals surface area contributed by atoms with Crippen LogP contribution in [0.15, 0.2) is 24.3 Å². The van der Waals surface area contributed by atoms with Crippen LogP contribution in [-0.2, 0) is 16.4 Å². The topological polar surface area (TPSA) is 58.2 Å². The molecule has 0 radical (unpaired) electrons. The highest BCUT2D eigenvalue weighted by Gasteiger charge is 2.09. The van der Waals surface area contributed by atoms with Gasteiger partial charge in [-0.2, -0.15) is 0 Å². The summed E-state index contributed by atoms with van der Waals surface area (Å²) in [5.41, 5.74) is 2.40. The first kappa shape index (κ1) is 17.1. The smallest absolute Gasteiger partial charge is 0.211 e. The molecule has 0 spiro atoms. The van der Waals surface area contributed by atoms with Gasteiger partial charge in [-0.25, -0.2) is 13.1 Å². The number of aryl methyl sites for hydroxylation is 1. The molecule has 1 aromatic rings. The van der Waals surface area contributed by atoms with Gasteiger partial charge >= 0.3 is 0 Å². The molecule has 0 aliphatic rings. The van der Waals surface area contributed by atoms with Gasteiger partial charge in [-0.05, 0) is 50.4 Å². The van der Waals surface area contributed by atoms with E-state index >= 15 is 0 Å². The first-order valence-corrected chi connectivity index (χ1v) is 8.93. The lowest BCUT2D eigenvalue weighted by molar-refractivity contribution is 0.574. The van der Waals surface area contributed by atoms with E-state index in [9.17, 15) is 8.42 Å². The van der Waals surface area contributed by atoms with Crippen LogP contribution in [0.4, 0.5) is 0 Å². The molecule has 0 aromatic heterocycles. The van der Waals surface area contributed by atoms with Crippen LogP contribution in [-0.4, -0.2) is 33.8 Å². The number of nitrogens with one attached hydrogen (secondary N) is 2. The lowest BCUT2D eigenvalue weighted by Gasteiger charge is -2.08. The molecule has 2 N–H and O–H groups in total. The fraction of sp³-hybridized carbons (Fsp3) is 0.600. The van der Waals surface area contributed by atoms with Crippen LogP contribution in [0, 0.1) is 6.92 Å². The monoisotopic (exact) mass is 298 g/mol. The second kappa shape index (κ2) is 9.10. The van der Waals surface area contributed by atoms with Crippen molar-refractivity contribution in [3.05, 3.63) is 35.4 Å². The standard InChI is InChI=1S/C15H26N2O2S/c1-3-10-16-11-6-13-20(18,19)17-12-9-15-8-5-4-7-14(15)2/h4-5,7-8,16-17H,3,6,9-13H2,1-2H3. The summed E-state index contributed by atoms with van der Waals surface area (Å²) in [6, 6.07) is 8.06. The van der Waals surface area contributed by atoms with Crippen molar-refractivity contribution in [2.24, 2.45) is 0 Å². The maximum atomic E-state index is 11.8. The second-order valence-corrected chi connectivity index (χ2v) is 6.92. The van der Waals surface area contributed by atoms with E-state index < -0.39 is 10.0 Å². The van der Waals surface area contributed by atoms with Crippen molar-refractivity contribution in [3.63, 3.8) is 0 Å². The van der Waals surface area contributed by atoms with Crippen molar-refractivity contribution in [1.29, 1.82) is 0 Å². The molecule has 0 atom stereocenters. The van der Waals surface area contributed by atoms with Crippen molar-refractivity contribution in [2.45, 2.75) is 33.1 Å². The second-order valence-electron chi connectivity index (χ2n) is 4.99. The van der Waals surface area contributed by atoms with Crippen LogP contribution in [0.5, 0.6) is 0 Å². The summed E-state index contributed by atoms with van der Waals surface area (Å²) in [7, 11) is -3.14. The summed E-state index contributed by atoms with van der Waals surface area (Å²) in [4.78, 5) is 0. The zero-order valence-electron chi connectivity index (χ0n) is 12.5. The van der Waals surface area contributed by atoms with Crippen LogP contribution in [0.1, 0.15) is 30.9 Å². The number of hydrogen-bond acceptors (Lipinski definition) is 3. The maximum Gasteiger partial charge on any atom is 0.211 e. The SMILES string of the molecule is CCCNCCCS(=O)(=O)NCCc1ccccc1C. The predicted molar refractivity (Wildman–Crippen MR) is 84.5 cm³/mol. The fourth-order valence-electron chi connectivity index (χ4n) is 1.99. The largest absolute Gasteiger partial charge is 0.317 e. The quantitative estimate of drug-likeness (QED) is 0.648. The molecule has 0 aliphatic carbocycles. The summed E-state index contributed by atoms with van der Waals surface area (Å²) in [5, 5.41) is 3.20. The molecule has 20 heavy (non-hydrogen) atoms. The highest BCUT2D eigenvalue weighted by molar-refractivity contribution is 7.89. The molecule has 4 nitrogen and oxygen atoms in total. The van der Waals surface area contributed by atoms with Gasteiger partial charge in [0, 0.05) is 6.54 Å². The maximum absolute atomic E-state index is 11.8. The number of rotatable bonds is 10. The highest BCUT2D eigenvalue weighted by Crippen LogP contribution is 2.07. The molecule has 1 rings (SSSR count). The summed E-state index contributed by atoms with van der Waals surface area (Å²) >= 11 is 0. The first-order valence-electron chi connectivity index (χ1n) is 7.27. The van der Waals surface area contributed by atoms with E-state index in [-0.39, 0.29) is 5.75 Å². The van der Waals surface area contributed by atoms with E-state index in [0.717, 1.165) is 25.9 Å². The third-order valence-electron chi connectivity index (χ3n) is 3.17. The average Bonchev–Trinajstić information content (AvgIpc) is 2.40. The molecule has 0 aliphatic heterocycles. The number of benzene rings is 1. The fourth-order valence-corrected chi connectivity index (χ4v) is 3.07. The molecule has 0 unspecified atom stereocenters. The molecule has 0 heterocycles. The highest BCUT2D eigenvalue weighted by atomic mass is 32.2. The Morgan fingerprint density at radius 3 is 2.55 bits per heavy atom. The van der Waals surface area contributed by atoms with Gasteiger partial charge in [-0.15, -0.1) is 0 Å². The number of hydrogen-bond donors (Lipinski definition) is 2. The summed E-state index contributed by atoms with van der Waals surface area (Å²) in [5.74, 6) is 0.192. The molecule has 0 bridgehead atoms. The van der Waals surface area contributed by atoms with Gasteiger partial charge in [0.25, 0.3) is 0 Å². The molecule has 0 amide bonds. The average molecular weight is 298 g/mol. The van der Waals surface area contributed by atoms with Gasteiger partial charge in [0.1, 0.15) is 0 Å². The Kier molecular flexibility index (Phi) is 7.80. The predicted octanol–water partition coefficient (Wildman–Crippen LogP) is 1.85. The van der Waals surface area contributed by atoms with Gasteiger partial charge in [-0.1, -0.05) is 31.2 Å². The van der Waals surface area contributed by atoms with Gasteiger partial charge in [0.2, 0.25) is 10.0 Å². The third-order valence-corrected chi connectivity index (χ3v) is 4.64. The van der Waals surface area contributed by atoms with E-state index in [1.165, 1.54) is 11.1 Å². The van der Waals surface area contributed by atoms with Gasteiger partial charge < -0.3 is 5.32 Å². The zero-order chi connectivity index (χ0) is 14.8. The molecular weight excluding hydrogens is 272 g/mol. The van der Waals surface area contributed by atoms with E-state index in [0.29, 0.717) is 13.0 Å². The normalized spacial score (nSPS) is 11.7. The zero-order valence-corrected chi connectivity index (χ0v) is 13.3. The van der Waals surface area contributed by atoms with Gasteiger partial charge in [0.15, 0.2) is 0 Å². The molecule has 114 valence electrons. The summed E-state index contributed by atoms with van der Waals surface area (Å²) in [6.07, 6.45) is 2.46. The minimum atomic E-state index is -3.14. The Hall–Kier alpha value is -0.910. The Bertz CT molecular complexity index is 486. The van der Waals surface area contributed by atoms with E-state index in [1.54, 1.807) is 0 Å². The lowest BCUT2D eigenvalue weighted by atomic mass is 10.1. The van der Waals surface area contributed by atoms with E-state index in [1.807, 2.05) is 31.2 Å². The first-order chi connectivity index (χ1) is 9.55. The van der Waals surface area contributed by atoms with E-state index in [4.69, 9.17) is 0 Å².